The molecular weight excluding hydrogens is 278 g/mol. The third-order valence-corrected chi connectivity index (χ3v) is 3.10. The Hall–Kier alpha value is -2.14. The first-order chi connectivity index (χ1) is 9.72. The molecular formula is C14H14ClN3O2. The van der Waals surface area contributed by atoms with Gasteiger partial charge in [-0.3, -0.25) is 0 Å². The highest BCUT2D eigenvalue weighted by molar-refractivity contribution is 6.30. The summed E-state index contributed by atoms with van der Waals surface area (Å²) >= 11 is 5.83. The quantitative estimate of drug-likeness (QED) is 0.889. The molecule has 20 heavy (non-hydrogen) atoms. The van der Waals surface area contributed by atoms with E-state index in [0.29, 0.717) is 29.7 Å². The zero-order chi connectivity index (χ0) is 13.9. The Morgan fingerprint density at radius 3 is 2.75 bits per heavy atom. The fraction of sp³-hybridized carbons (Fsp3) is 0.214. The number of hydrogen-bond acceptors (Lipinski definition) is 5. The molecule has 3 rings (SSSR count). The van der Waals surface area contributed by atoms with Crippen molar-refractivity contribution in [3.63, 3.8) is 0 Å². The van der Waals surface area contributed by atoms with Gasteiger partial charge >= 0.3 is 0 Å². The Kier molecular flexibility index (Phi) is 3.52. The standard InChI is InChI=1S/C14H14ClN3O2/c15-9-6-11(16)14(17-8-9)18-10-2-3-12-13(7-10)20-5-1-4-19-12/h2-3,6-8H,1,4-5,16H2,(H,17,18). The first kappa shape index (κ1) is 12.9. The molecule has 2 aromatic rings. The van der Waals surface area contributed by atoms with Gasteiger partial charge in [0.2, 0.25) is 0 Å². The number of aromatic nitrogens is 1. The number of ether oxygens (including phenoxy) is 2. The van der Waals surface area contributed by atoms with E-state index in [1.165, 1.54) is 0 Å². The van der Waals surface area contributed by atoms with E-state index in [1.54, 1.807) is 12.3 Å². The number of nitrogen functional groups attached to an aromatic ring is 1. The largest absolute Gasteiger partial charge is 0.490 e. The lowest BCUT2D eigenvalue weighted by Gasteiger charge is -2.12. The molecule has 1 aromatic carbocycles. The van der Waals surface area contributed by atoms with Crippen LogP contribution in [-0.2, 0) is 0 Å². The van der Waals surface area contributed by atoms with Crippen molar-refractivity contribution in [1.82, 2.24) is 4.98 Å². The summed E-state index contributed by atoms with van der Waals surface area (Å²) in [5.74, 6) is 2.04. The van der Waals surface area contributed by atoms with Crippen molar-refractivity contribution < 1.29 is 9.47 Å². The van der Waals surface area contributed by atoms with E-state index >= 15 is 0 Å². The van der Waals surface area contributed by atoms with Crippen LogP contribution in [0.5, 0.6) is 11.5 Å². The van der Waals surface area contributed by atoms with Gasteiger partial charge in [0.25, 0.3) is 0 Å². The summed E-state index contributed by atoms with van der Waals surface area (Å²) in [4.78, 5) is 4.16. The van der Waals surface area contributed by atoms with Crippen LogP contribution in [0, 0.1) is 0 Å². The van der Waals surface area contributed by atoms with Crippen LogP contribution >= 0.6 is 11.6 Å². The molecule has 1 aromatic heterocycles. The second kappa shape index (κ2) is 5.46. The minimum atomic E-state index is 0.490. The molecule has 104 valence electrons. The molecule has 1 aliphatic rings. The zero-order valence-electron chi connectivity index (χ0n) is 10.7. The van der Waals surface area contributed by atoms with Gasteiger partial charge in [0, 0.05) is 24.4 Å². The van der Waals surface area contributed by atoms with Crippen molar-refractivity contribution in [2.75, 3.05) is 24.3 Å². The number of anilines is 3. The smallest absolute Gasteiger partial charge is 0.163 e. The van der Waals surface area contributed by atoms with E-state index in [1.807, 2.05) is 18.2 Å². The summed E-state index contributed by atoms with van der Waals surface area (Å²) in [7, 11) is 0. The van der Waals surface area contributed by atoms with Gasteiger partial charge < -0.3 is 20.5 Å². The Balaban J connectivity index is 1.86. The predicted molar refractivity (Wildman–Crippen MR) is 79.0 cm³/mol. The summed E-state index contributed by atoms with van der Waals surface area (Å²) in [6.45, 7) is 1.32. The number of halogens is 1. The second-order valence-electron chi connectivity index (χ2n) is 4.43. The van der Waals surface area contributed by atoms with Gasteiger partial charge in [-0.25, -0.2) is 4.98 Å². The minimum Gasteiger partial charge on any atom is -0.490 e. The number of pyridine rings is 1. The monoisotopic (exact) mass is 291 g/mol. The number of hydrogen-bond donors (Lipinski definition) is 2. The Morgan fingerprint density at radius 1 is 1.15 bits per heavy atom. The first-order valence-electron chi connectivity index (χ1n) is 6.30. The minimum absolute atomic E-state index is 0.490. The predicted octanol–water partition coefficient (Wildman–Crippen LogP) is 3.22. The first-order valence-corrected chi connectivity index (χ1v) is 6.68. The van der Waals surface area contributed by atoms with Gasteiger partial charge in [0.15, 0.2) is 17.3 Å². The molecule has 0 fully saturated rings. The van der Waals surface area contributed by atoms with Crippen molar-refractivity contribution in [3.05, 3.63) is 35.5 Å². The molecule has 3 N–H and O–H groups in total. The summed E-state index contributed by atoms with van der Waals surface area (Å²) in [6, 6.07) is 7.29. The molecule has 5 nitrogen and oxygen atoms in total. The summed E-state index contributed by atoms with van der Waals surface area (Å²) in [6.07, 6.45) is 2.42. The zero-order valence-corrected chi connectivity index (χ0v) is 11.5. The highest BCUT2D eigenvalue weighted by Gasteiger charge is 2.11. The van der Waals surface area contributed by atoms with Gasteiger partial charge in [-0.1, -0.05) is 11.6 Å². The van der Waals surface area contributed by atoms with E-state index in [0.717, 1.165) is 23.6 Å². The highest BCUT2D eigenvalue weighted by atomic mass is 35.5. The van der Waals surface area contributed by atoms with Gasteiger partial charge in [-0.15, -0.1) is 0 Å². The fourth-order valence-electron chi connectivity index (χ4n) is 1.94. The number of fused-ring (bicyclic) bond motifs is 1. The number of benzene rings is 1. The maximum absolute atomic E-state index is 5.87. The molecule has 0 atom stereocenters. The Morgan fingerprint density at radius 2 is 1.95 bits per heavy atom. The fourth-order valence-corrected chi connectivity index (χ4v) is 2.10. The molecule has 1 aliphatic heterocycles. The lowest BCUT2D eigenvalue weighted by molar-refractivity contribution is 0.297. The van der Waals surface area contributed by atoms with Crippen molar-refractivity contribution >= 4 is 28.8 Å². The third kappa shape index (κ3) is 2.72. The molecule has 6 heteroatoms. The second-order valence-corrected chi connectivity index (χ2v) is 4.86. The maximum atomic E-state index is 5.87. The average Bonchev–Trinajstić information content (AvgIpc) is 2.66. The topological polar surface area (TPSA) is 69.4 Å². The normalized spacial score (nSPS) is 13.7. The maximum Gasteiger partial charge on any atom is 0.163 e. The number of nitrogens with zero attached hydrogens (tertiary/aromatic N) is 1. The molecule has 0 saturated heterocycles. The van der Waals surface area contributed by atoms with Gasteiger partial charge in [-0.05, 0) is 18.2 Å². The molecule has 2 heterocycles. The van der Waals surface area contributed by atoms with Gasteiger partial charge in [0.05, 0.1) is 23.9 Å². The van der Waals surface area contributed by atoms with Crippen LogP contribution in [0.25, 0.3) is 0 Å². The van der Waals surface area contributed by atoms with Crippen LogP contribution < -0.4 is 20.5 Å². The molecule has 0 saturated carbocycles. The average molecular weight is 292 g/mol. The number of rotatable bonds is 2. The molecule has 0 radical (unpaired) electrons. The van der Waals surface area contributed by atoms with E-state index in [4.69, 9.17) is 26.8 Å². The van der Waals surface area contributed by atoms with E-state index in [9.17, 15) is 0 Å². The van der Waals surface area contributed by atoms with E-state index in [-0.39, 0.29) is 0 Å². The van der Waals surface area contributed by atoms with Crippen LogP contribution in [-0.4, -0.2) is 18.2 Å². The van der Waals surface area contributed by atoms with Crippen LogP contribution in [0.2, 0.25) is 5.02 Å². The van der Waals surface area contributed by atoms with E-state index in [2.05, 4.69) is 10.3 Å². The van der Waals surface area contributed by atoms with Crippen molar-refractivity contribution in [2.24, 2.45) is 0 Å². The number of nitrogens with two attached hydrogens (primary N) is 1. The van der Waals surface area contributed by atoms with Crippen molar-refractivity contribution in [1.29, 1.82) is 0 Å². The Labute approximate surface area is 121 Å². The van der Waals surface area contributed by atoms with Crippen LogP contribution in [0.3, 0.4) is 0 Å². The lowest BCUT2D eigenvalue weighted by atomic mass is 10.2. The molecule has 0 unspecified atom stereocenters. The van der Waals surface area contributed by atoms with E-state index < -0.39 is 0 Å². The van der Waals surface area contributed by atoms with Crippen molar-refractivity contribution in [2.45, 2.75) is 6.42 Å². The Bertz CT molecular complexity index is 634. The summed E-state index contributed by atoms with van der Waals surface area (Å²) in [5, 5.41) is 3.65. The van der Waals surface area contributed by atoms with Crippen LogP contribution in [0.4, 0.5) is 17.2 Å². The summed E-state index contributed by atoms with van der Waals surface area (Å²) < 4.78 is 11.2. The highest BCUT2D eigenvalue weighted by Crippen LogP contribution is 2.33. The SMILES string of the molecule is Nc1cc(Cl)cnc1Nc1ccc2c(c1)OCCCO2. The molecule has 0 aliphatic carbocycles. The third-order valence-electron chi connectivity index (χ3n) is 2.89. The van der Waals surface area contributed by atoms with Crippen LogP contribution in [0.15, 0.2) is 30.5 Å². The molecule has 0 bridgehead atoms. The van der Waals surface area contributed by atoms with Gasteiger partial charge in [0.1, 0.15) is 0 Å². The molecule has 0 amide bonds. The summed E-state index contributed by atoms with van der Waals surface area (Å²) in [5.41, 5.74) is 7.19. The molecule has 0 spiro atoms. The van der Waals surface area contributed by atoms with Gasteiger partial charge in [-0.2, -0.15) is 0 Å². The van der Waals surface area contributed by atoms with Crippen molar-refractivity contribution in [3.8, 4) is 11.5 Å². The lowest BCUT2D eigenvalue weighted by Crippen LogP contribution is -2.00. The van der Waals surface area contributed by atoms with Crippen LogP contribution in [0.1, 0.15) is 6.42 Å². The number of nitrogens with one attached hydrogen (secondary N) is 1.